The minimum Gasteiger partial charge on any atom is -0.458 e. The number of hydrogen-bond donors (Lipinski definition) is 7. The Hall–Kier alpha value is -2.06. The zero-order valence-corrected chi connectivity index (χ0v) is 22.7. The van der Waals surface area contributed by atoms with E-state index in [4.69, 9.17) is 19.9 Å². The Morgan fingerprint density at radius 1 is 1.18 bits per heavy atom. The van der Waals surface area contributed by atoms with Gasteiger partial charge in [0.15, 0.2) is 17.5 Å². The van der Waals surface area contributed by atoms with Crippen LogP contribution < -0.4 is 5.73 Å². The van der Waals surface area contributed by atoms with Gasteiger partial charge >= 0.3 is 11.9 Å². The molecular formula is C27H38N2O10. The van der Waals surface area contributed by atoms with Crippen molar-refractivity contribution in [2.45, 2.75) is 99.9 Å². The Balaban J connectivity index is 1.68. The number of carbonyl (C=O) groups is 2. The number of aliphatic hydroxyl groups is 5. The quantitative estimate of drug-likeness (QED) is 0.229. The van der Waals surface area contributed by atoms with Crippen molar-refractivity contribution in [2.24, 2.45) is 28.4 Å². The summed E-state index contributed by atoms with van der Waals surface area (Å²) in [6, 6.07) is 3.03. The van der Waals surface area contributed by atoms with Crippen molar-refractivity contribution < 1.29 is 49.3 Å². The molecule has 11 atom stereocenters. The molecule has 1 aromatic rings. The molecule has 0 amide bonds. The minimum absolute atomic E-state index is 0.00945. The maximum Gasteiger partial charge on any atom is 0.355 e. The zero-order valence-electron chi connectivity index (χ0n) is 22.7. The molecule has 1 aromatic heterocycles. The third-order valence-corrected chi connectivity index (χ3v) is 11.7. The molecule has 2 aliphatic heterocycles. The second kappa shape index (κ2) is 7.22. The van der Waals surface area contributed by atoms with Crippen molar-refractivity contribution in [1.82, 2.24) is 4.98 Å². The number of nitrogens with one attached hydrogen (secondary N) is 1. The summed E-state index contributed by atoms with van der Waals surface area (Å²) < 4.78 is 18.0. The summed E-state index contributed by atoms with van der Waals surface area (Å²) in [7, 11) is 0. The Labute approximate surface area is 225 Å². The molecular weight excluding hydrogens is 512 g/mol. The third-order valence-electron chi connectivity index (χ3n) is 11.7. The van der Waals surface area contributed by atoms with Crippen molar-refractivity contribution in [2.75, 3.05) is 6.54 Å². The molecule has 8 N–H and O–H groups in total. The van der Waals surface area contributed by atoms with Crippen LogP contribution in [0.25, 0.3) is 0 Å². The highest BCUT2D eigenvalue weighted by Gasteiger charge is 3.10. The molecule has 6 fully saturated rings. The molecule has 12 nitrogen and oxygen atoms in total. The normalized spacial score (nSPS) is 54.7. The maximum atomic E-state index is 13.3. The summed E-state index contributed by atoms with van der Waals surface area (Å²) >= 11 is 0. The van der Waals surface area contributed by atoms with Crippen LogP contribution in [-0.2, 0) is 19.0 Å². The highest BCUT2D eigenvalue weighted by Crippen LogP contribution is 2.90. The summed E-state index contributed by atoms with van der Waals surface area (Å²) in [4.78, 5) is 28.6. The van der Waals surface area contributed by atoms with Gasteiger partial charge in [0.2, 0.25) is 0 Å². The van der Waals surface area contributed by atoms with Gasteiger partial charge in [-0.25, -0.2) is 4.79 Å². The van der Waals surface area contributed by atoms with Crippen LogP contribution in [0.3, 0.4) is 0 Å². The fraction of sp³-hybridized carbons (Fsp3) is 0.778. The molecule has 6 aliphatic rings. The predicted octanol–water partition coefficient (Wildman–Crippen LogP) is -0.678. The lowest BCUT2D eigenvalue weighted by Crippen LogP contribution is -2.76. The molecule has 1 spiro atoms. The van der Waals surface area contributed by atoms with Crippen molar-refractivity contribution in [3.8, 4) is 0 Å². The van der Waals surface area contributed by atoms with E-state index in [-0.39, 0.29) is 12.1 Å². The van der Waals surface area contributed by atoms with Crippen molar-refractivity contribution in [3.05, 3.63) is 24.0 Å². The van der Waals surface area contributed by atoms with Crippen LogP contribution in [0.1, 0.15) is 64.4 Å². The lowest BCUT2D eigenvalue weighted by molar-refractivity contribution is -0.390. The van der Waals surface area contributed by atoms with Crippen LogP contribution in [0, 0.1) is 22.7 Å². The molecule has 0 radical (unpaired) electrons. The van der Waals surface area contributed by atoms with E-state index in [9.17, 15) is 35.1 Å². The van der Waals surface area contributed by atoms with Gasteiger partial charge in [0.05, 0.1) is 12.0 Å². The molecule has 4 saturated carbocycles. The monoisotopic (exact) mass is 550 g/mol. The molecule has 7 rings (SSSR count). The standard InChI is InChI=1S/C27H38N2O10/c1-13(2)24(34)19(38-18(31)15-7-6-10-29-15)25(35)20(4)12-23(33)21(24,5)27(25,36)26(39-23)17(37-16(30)11-28)14(3)8-9-22(20,26)32/h6-7,10,13-14,17,19,29,32-36H,8-9,11-12,28H2,1-5H3. The zero-order chi connectivity index (χ0) is 28.8. The van der Waals surface area contributed by atoms with E-state index in [1.54, 1.807) is 26.8 Å². The molecule has 39 heavy (non-hydrogen) atoms. The summed E-state index contributed by atoms with van der Waals surface area (Å²) in [5, 5.41) is 63.7. The lowest BCUT2D eigenvalue weighted by Gasteiger charge is -2.60. The number of hydrogen-bond acceptors (Lipinski definition) is 11. The number of aromatic amines is 1. The molecule has 11 unspecified atom stereocenters. The predicted molar refractivity (Wildman–Crippen MR) is 132 cm³/mol. The molecule has 2 saturated heterocycles. The van der Waals surface area contributed by atoms with Gasteiger partial charge in [0.25, 0.3) is 0 Å². The molecule has 216 valence electrons. The minimum atomic E-state index is -2.67. The number of carbonyl (C=O) groups excluding carboxylic acids is 2. The van der Waals surface area contributed by atoms with E-state index < -0.39 is 93.6 Å². The third kappa shape index (κ3) is 2.21. The topological polar surface area (TPSA) is 205 Å². The summed E-state index contributed by atoms with van der Waals surface area (Å²) in [5.41, 5.74) is -10.2. The molecule has 4 aliphatic carbocycles. The maximum absolute atomic E-state index is 13.3. The number of ether oxygens (including phenoxy) is 3. The van der Waals surface area contributed by atoms with Gasteiger partial charge < -0.3 is 50.5 Å². The van der Waals surface area contributed by atoms with E-state index in [0.717, 1.165) is 0 Å². The number of H-pyrrole nitrogens is 1. The van der Waals surface area contributed by atoms with Crippen LogP contribution in [0.2, 0.25) is 0 Å². The number of rotatable bonds is 5. The number of esters is 2. The van der Waals surface area contributed by atoms with Crippen LogP contribution >= 0.6 is 0 Å². The fourth-order valence-electron chi connectivity index (χ4n) is 9.93. The van der Waals surface area contributed by atoms with Crippen molar-refractivity contribution >= 4 is 11.9 Å². The van der Waals surface area contributed by atoms with Crippen molar-refractivity contribution in [1.29, 1.82) is 0 Å². The first kappa shape index (κ1) is 27.1. The van der Waals surface area contributed by atoms with Gasteiger partial charge in [-0.05, 0) is 43.7 Å². The van der Waals surface area contributed by atoms with E-state index in [1.807, 2.05) is 0 Å². The summed E-state index contributed by atoms with van der Waals surface area (Å²) in [6.07, 6.45) is -1.75. The Morgan fingerprint density at radius 3 is 2.41 bits per heavy atom. The first-order valence-corrected chi connectivity index (χ1v) is 13.5. The first-order valence-electron chi connectivity index (χ1n) is 13.5. The van der Waals surface area contributed by atoms with Gasteiger partial charge in [-0.3, -0.25) is 4.79 Å². The van der Waals surface area contributed by atoms with Gasteiger partial charge in [0, 0.05) is 18.0 Å². The van der Waals surface area contributed by atoms with Crippen LogP contribution in [0.4, 0.5) is 0 Å². The molecule has 12 heteroatoms. The highest BCUT2D eigenvalue weighted by molar-refractivity contribution is 5.87. The van der Waals surface area contributed by atoms with Gasteiger partial charge in [0.1, 0.15) is 34.2 Å². The first-order chi connectivity index (χ1) is 17.9. The van der Waals surface area contributed by atoms with Gasteiger partial charge in [-0.1, -0.05) is 27.7 Å². The second-order valence-corrected chi connectivity index (χ2v) is 13.1. The highest BCUT2D eigenvalue weighted by atomic mass is 16.7. The second-order valence-electron chi connectivity index (χ2n) is 13.1. The van der Waals surface area contributed by atoms with Crippen LogP contribution in [0.5, 0.6) is 0 Å². The van der Waals surface area contributed by atoms with Crippen LogP contribution in [0.15, 0.2) is 18.3 Å². The lowest BCUT2D eigenvalue weighted by atomic mass is 9.52. The number of aromatic nitrogens is 1. The average molecular weight is 551 g/mol. The van der Waals surface area contributed by atoms with E-state index in [1.165, 1.54) is 26.1 Å². The fourth-order valence-corrected chi connectivity index (χ4v) is 9.93. The smallest absolute Gasteiger partial charge is 0.355 e. The Morgan fingerprint density at radius 2 is 1.85 bits per heavy atom. The SMILES string of the molecule is CC1CCC2(O)C3(C)CC4(O)OC2(C1OC(=O)CN)C1(O)C3(O)C(OC(=O)c2ccc[nH]2)C(O)(C(C)C)C41C. The molecule has 3 heterocycles. The molecule has 6 bridgehead atoms. The largest absolute Gasteiger partial charge is 0.458 e. The Kier molecular flexibility index (Phi) is 5.02. The summed E-state index contributed by atoms with van der Waals surface area (Å²) in [6.45, 7) is 7.35. The number of nitrogens with two attached hydrogens (primary N) is 1. The van der Waals surface area contributed by atoms with E-state index >= 15 is 0 Å². The van der Waals surface area contributed by atoms with Crippen LogP contribution in [-0.4, -0.2) is 95.0 Å². The van der Waals surface area contributed by atoms with E-state index in [2.05, 4.69) is 4.98 Å². The van der Waals surface area contributed by atoms with E-state index in [0.29, 0.717) is 6.42 Å². The summed E-state index contributed by atoms with van der Waals surface area (Å²) in [5.74, 6) is -5.39. The van der Waals surface area contributed by atoms with Gasteiger partial charge in [-0.2, -0.15) is 0 Å². The van der Waals surface area contributed by atoms with Crippen molar-refractivity contribution in [3.63, 3.8) is 0 Å². The Bertz CT molecular complexity index is 1260. The molecule has 0 aromatic carbocycles. The van der Waals surface area contributed by atoms with Gasteiger partial charge in [-0.15, -0.1) is 0 Å². The average Bonchev–Trinajstić information content (AvgIpc) is 3.49.